The number of imidazole rings is 1. The number of alkyl halides is 2. The number of para-hydroxylation sites is 2. The minimum absolute atomic E-state index is 0.0823. The van der Waals surface area contributed by atoms with Gasteiger partial charge in [-0.1, -0.05) is 56.1 Å². The van der Waals surface area contributed by atoms with Gasteiger partial charge in [0, 0.05) is 5.41 Å². The standard InChI is InChI=1S/C12H14Cl2N2/c1-12(2,3)10-15-8-6-4-5-7-9(8)16(10)11(13)14/h4-7,11H,1-3H3. The molecule has 0 bridgehead atoms. The van der Waals surface area contributed by atoms with Crippen LogP contribution in [0.25, 0.3) is 11.0 Å². The summed E-state index contributed by atoms with van der Waals surface area (Å²) in [6.07, 6.45) is 0. The molecule has 0 spiro atoms. The molecular weight excluding hydrogens is 243 g/mol. The van der Waals surface area contributed by atoms with Crippen molar-refractivity contribution in [3.63, 3.8) is 0 Å². The molecule has 1 heterocycles. The zero-order valence-electron chi connectivity index (χ0n) is 9.54. The van der Waals surface area contributed by atoms with Gasteiger partial charge >= 0.3 is 0 Å². The molecule has 0 unspecified atom stereocenters. The molecule has 0 radical (unpaired) electrons. The molecule has 0 amide bonds. The summed E-state index contributed by atoms with van der Waals surface area (Å²) in [5.74, 6) is 0.906. The molecule has 1 aromatic heterocycles. The van der Waals surface area contributed by atoms with Crippen molar-refractivity contribution in [3.8, 4) is 0 Å². The number of hydrogen-bond acceptors (Lipinski definition) is 1. The number of nitrogens with zero attached hydrogens (tertiary/aromatic N) is 2. The van der Waals surface area contributed by atoms with E-state index in [1.165, 1.54) is 0 Å². The van der Waals surface area contributed by atoms with Crippen molar-refractivity contribution in [3.05, 3.63) is 30.1 Å². The maximum atomic E-state index is 6.02. The van der Waals surface area contributed by atoms with Crippen molar-refractivity contribution in [2.24, 2.45) is 0 Å². The second-order valence-corrected chi connectivity index (χ2v) is 5.87. The first-order valence-corrected chi connectivity index (χ1v) is 6.04. The van der Waals surface area contributed by atoms with E-state index in [-0.39, 0.29) is 5.41 Å². The van der Waals surface area contributed by atoms with Crippen LogP contribution in [0.5, 0.6) is 0 Å². The van der Waals surface area contributed by atoms with E-state index < -0.39 is 4.96 Å². The Balaban J connectivity index is 2.78. The number of benzene rings is 1. The summed E-state index contributed by atoms with van der Waals surface area (Å²) in [5, 5.41) is 0. The Bertz CT molecular complexity index is 509. The molecule has 86 valence electrons. The topological polar surface area (TPSA) is 17.8 Å². The van der Waals surface area contributed by atoms with E-state index in [1.54, 1.807) is 0 Å². The maximum absolute atomic E-state index is 6.02. The van der Waals surface area contributed by atoms with Crippen LogP contribution >= 0.6 is 23.2 Å². The van der Waals surface area contributed by atoms with E-state index in [2.05, 4.69) is 25.8 Å². The highest BCUT2D eigenvalue weighted by Gasteiger charge is 2.24. The van der Waals surface area contributed by atoms with Gasteiger partial charge in [-0.3, -0.25) is 4.57 Å². The van der Waals surface area contributed by atoms with Gasteiger partial charge in [-0.15, -0.1) is 0 Å². The van der Waals surface area contributed by atoms with Gasteiger partial charge in [-0.05, 0) is 12.1 Å². The summed E-state index contributed by atoms with van der Waals surface area (Å²) in [4.78, 5) is 3.99. The van der Waals surface area contributed by atoms with Gasteiger partial charge < -0.3 is 0 Å². The predicted octanol–water partition coefficient (Wildman–Crippen LogP) is 4.27. The first kappa shape index (κ1) is 11.7. The first-order chi connectivity index (χ1) is 7.41. The molecule has 0 saturated heterocycles. The SMILES string of the molecule is CC(C)(C)c1nc2ccccc2n1C(Cl)Cl. The second kappa shape index (κ2) is 3.94. The fourth-order valence-corrected chi connectivity index (χ4v) is 2.17. The molecule has 0 N–H and O–H groups in total. The van der Waals surface area contributed by atoms with Crippen LogP contribution in [0.15, 0.2) is 24.3 Å². The molecule has 0 saturated carbocycles. The monoisotopic (exact) mass is 256 g/mol. The van der Waals surface area contributed by atoms with Crippen molar-refractivity contribution in [2.45, 2.75) is 31.1 Å². The molecule has 0 aliphatic rings. The lowest BCUT2D eigenvalue weighted by Crippen LogP contribution is -2.19. The van der Waals surface area contributed by atoms with E-state index in [1.807, 2.05) is 28.8 Å². The van der Waals surface area contributed by atoms with Crippen molar-refractivity contribution in [1.82, 2.24) is 9.55 Å². The molecule has 2 aromatic rings. The maximum Gasteiger partial charge on any atom is 0.185 e. The smallest absolute Gasteiger partial charge is 0.185 e. The highest BCUT2D eigenvalue weighted by Crippen LogP contribution is 2.32. The second-order valence-electron chi connectivity index (χ2n) is 4.82. The average Bonchev–Trinajstić information content (AvgIpc) is 2.55. The fourth-order valence-electron chi connectivity index (χ4n) is 1.77. The van der Waals surface area contributed by atoms with Gasteiger partial charge in [0.2, 0.25) is 0 Å². The van der Waals surface area contributed by atoms with Gasteiger partial charge in [-0.25, -0.2) is 4.98 Å². The quantitative estimate of drug-likeness (QED) is 0.697. The summed E-state index contributed by atoms with van der Waals surface area (Å²) in [7, 11) is 0. The third kappa shape index (κ3) is 1.92. The largest absolute Gasteiger partial charge is 0.297 e. The van der Waals surface area contributed by atoms with Crippen molar-refractivity contribution in [1.29, 1.82) is 0 Å². The summed E-state index contributed by atoms with van der Waals surface area (Å²) in [5.41, 5.74) is 1.82. The Morgan fingerprint density at radius 3 is 2.38 bits per heavy atom. The Morgan fingerprint density at radius 1 is 1.19 bits per heavy atom. The summed E-state index contributed by atoms with van der Waals surface area (Å²) in [6, 6.07) is 7.87. The molecule has 4 heteroatoms. The van der Waals surface area contributed by atoms with E-state index in [0.29, 0.717) is 0 Å². The average molecular weight is 257 g/mol. The molecule has 1 aromatic carbocycles. The first-order valence-electron chi connectivity index (χ1n) is 5.17. The Morgan fingerprint density at radius 2 is 1.81 bits per heavy atom. The molecule has 16 heavy (non-hydrogen) atoms. The molecule has 0 aliphatic carbocycles. The highest BCUT2D eigenvalue weighted by atomic mass is 35.5. The number of aromatic nitrogens is 2. The zero-order chi connectivity index (χ0) is 11.9. The van der Waals surface area contributed by atoms with Crippen LogP contribution in [0.1, 0.15) is 31.6 Å². The molecule has 0 atom stereocenters. The molecule has 0 fully saturated rings. The van der Waals surface area contributed by atoms with Gasteiger partial charge in [0.25, 0.3) is 0 Å². The van der Waals surface area contributed by atoms with Crippen LogP contribution in [0.3, 0.4) is 0 Å². The van der Waals surface area contributed by atoms with Crippen LogP contribution in [-0.4, -0.2) is 9.55 Å². The summed E-state index contributed by atoms with van der Waals surface area (Å²) >= 11 is 12.0. The Labute approximate surface area is 105 Å². The number of rotatable bonds is 1. The minimum atomic E-state index is -0.610. The molecule has 2 nitrogen and oxygen atoms in total. The van der Waals surface area contributed by atoms with Crippen LogP contribution in [0, 0.1) is 0 Å². The number of fused-ring (bicyclic) bond motifs is 1. The summed E-state index contributed by atoms with van der Waals surface area (Å²) in [6.45, 7) is 6.29. The van der Waals surface area contributed by atoms with Crippen LogP contribution in [0.4, 0.5) is 0 Å². The van der Waals surface area contributed by atoms with Gasteiger partial charge in [0.15, 0.2) is 4.96 Å². The molecular formula is C12H14Cl2N2. The van der Waals surface area contributed by atoms with E-state index in [9.17, 15) is 0 Å². The summed E-state index contributed by atoms with van der Waals surface area (Å²) < 4.78 is 1.87. The zero-order valence-corrected chi connectivity index (χ0v) is 11.0. The molecule has 0 aliphatic heterocycles. The number of halogens is 2. The van der Waals surface area contributed by atoms with E-state index in [0.717, 1.165) is 16.9 Å². The van der Waals surface area contributed by atoms with Gasteiger partial charge in [0.05, 0.1) is 11.0 Å². The fraction of sp³-hybridized carbons (Fsp3) is 0.417. The van der Waals surface area contributed by atoms with Crippen molar-refractivity contribution in [2.75, 3.05) is 0 Å². The normalized spacial score (nSPS) is 12.6. The van der Waals surface area contributed by atoms with Gasteiger partial charge in [0.1, 0.15) is 5.82 Å². The third-order valence-corrected chi connectivity index (χ3v) is 2.85. The van der Waals surface area contributed by atoms with Gasteiger partial charge in [-0.2, -0.15) is 0 Å². The lowest BCUT2D eigenvalue weighted by atomic mass is 9.96. The van der Waals surface area contributed by atoms with Crippen LogP contribution < -0.4 is 0 Å². The number of hydrogen-bond donors (Lipinski definition) is 0. The van der Waals surface area contributed by atoms with Crippen LogP contribution in [-0.2, 0) is 5.41 Å². The lowest BCUT2D eigenvalue weighted by Gasteiger charge is -2.20. The Hall–Kier alpha value is -0.730. The highest BCUT2D eigenvalue weighted by molar-refractivity contribution is 6.42. The van der Waals surface area contributed by atoms with E-state index in [4.69, 9.17) is 23.2 Å². The third-order valence-electron chi connectivity index (χ3n) is 2.46. The van der Waals surface area contributed by atoms with Crippen molar-refractivity contribution < 1.29 is 0 Å². The predicted molar refractivity (Wildman–Crippen MR) is 69.2 cm³/mol. The molecule has 2 rings (SSSR count). The Kier molecular flexibility index (Phi) is 2.89. The lowest BCUT2D eigenvalue weighted by molar-refractivity contribution is 0.521. The van der Waals surface area contributed by atoms with Crippen molar-refractivity contribution >= 4 is 34.2 Å². The minimum Gasteiger partial charge on any atom is -0.297 e. The van der Waals surface area contributed by atoms with Crippen LogP contribution in [0.2, 0.25) is 0 Å². The van der Waals surface area contributed by atoms with E-state index >= 15 is 0 Å².